The number of aliphatic hydroxyl groups is 1. The molecular formula is C12H15ClN2O3. The summed E-state index contributed by atoms with van der Waals surface area (Å²) in [7, 11) is 0. The summed E-state index contributed by atoms with van der Waals surface area (Å²) in [4.78, 5) is 10.4. The number of nitrogens with zero attached hydrogens (tertiary/aromatic N) is 1. The van der Waals surface area contributed by atoms with Crippen molar-refractivity contribution in [3.8, 4) is 0 Å². The fourth-order valence-corrected chi connectivity index (χ4v) is 2.58. The van der Waals surface area contributed by atoms with Gasteiger partial charge in [-0.15, -0.1) is 0 Å². The number of nitro groups is 1. The lowest BCUT2D eigenvalue weighted by Gasteiger charge is -2.16. The minimum Gasteiger partial charge on any atom is -0.393 e. The van der Waals surface area contributed by atoms with E-state index in [9.17, 15) is 15.2 Å². The van der Waals surface area contributed by atoms with Crippen LogP contribution in [0.3, 0.4) is 0 Å². The maximum absolute atomic E-state index is 10.9. The Bertz CT molecular complexity index is 453. The average molecular weight is 271 g/mol. The summed E-state index contributed by atoms with van der Waals surface area (Å²) >= 11 is 5.82. The fourth-order valence-electron chi connectivity index (χ4n) is 2.34. The van der Waals surface area contributed by atoms with Crippen LogP contribution in [-0.2, 0) is 0 Å². The number of nitro benzene ring substituents is 1. The number of para-hydroxylation sites is 1. The largest absolute Gasteiger partial charge is 0.393 e. The molecule has 2 rings (SSSR count). The van der Waals surface area contributed by atoms with Crippen LogP contribution in [0.1, 0.15) is 19.3 Å². The highest BCUT2D eigenvalue weighted by Crippen LogP contribution is 2.33. The van der Waals surface area contributed by atoms with Crippen LogP contribution in [0, 0.1) is 16.0 Å². The summed E-state index contributed by atoms with van der Waals surface area (Å²) in [5.74, 6) is 0.156. The van der Waals surface area contributed by atoms with Gasteiger partial charge >= 0.3 is 5.69 Å². The summed E-state index contributed by atoms with van der Waals surface area (Å²) < 4.78 is 0. The van der Waals surface area contributed by atoms with E-state index in [4.69, 9.17) is 11.6 Å². The van der Waals surface area contributed by atoms with Gasteiger partial charge in [0.25, 0.3) is 0 Å². The number of benzene rings is 1. The lowest BCUT2D eigenvalue weighted by atomic mass is 10.1. The summed E-state index contributed by atoms with van der Waals surface area (Å²) in [6, 6.07) is 4.80. The van der Waals surface area contributed by atoms with Gasteiger partial charge in [0.2, 0.25) is 0 Å². The second-order valence-corrected chi connectivity index (χ2v) is 4.94. The highest BCUT2D eigenvalue weighted by molar-refractivity contribution is 6.33. The lowest BCUT2D eigenvalue weighted by molar-refractivity contribution is -0.383. The fraction of sp³-hybridized carbons (Fsp3) is 0.500. The summed E-state index contributed by atoms with van der Waals surface area (Å²) in [6.07, 6.45) is 2.45. The van der Waals surface area contributed by atoms with Gasteiger partial charge < -0.3 is 10.4 Å². The molecule has 5 nitrogen and oxygen atoms in total. The molecule has 98 valence electrons. The van der Waals surface area contributed by atoms with Crippen molar-refractivity contribution in [2.75, 3.05) is 11.9 Å². The minimum absolute atomic E-state index is 0.105. The Morgan fingerprint density at radius 2 is 2.28 bits per heavy atom. The van der Waals surface area contributed by atoms with E-state index >= 15 is 0 Å². The van der Waals surface area contributed by atoms with Gasteiger partial charge in [0.1, 0.15) is 10.7 Å². The van der Waals surface area contributed by atoms with Gasteiger partial charge in [-0.3, -0.25) is 10.1 Å². The molecule has 2 unspecified atom stereocenters. The van der Waals surface area contributed by atoms with Gasteiger partial charge in [-0.25, -0.2) is 0 Å². The monoisotopic (exact) mass is 270 g/mol. The minimum atomic E-state index is -0.490. The van der Waals surface area contributed by atoms with Crippen molar-refractivity contribution >= 4 is 23.0 Å². The molecule has 1 saturated carbocycles. The molecule has 1 fully saturated rings. The van der Waals surface area contributed by atoms with E-state index in [1.165, 1.54) is 6.07 Å². The Kier molecular flexibility index (Phi) is 4.04. The molecule has 1 aromatic carbocycles. The number of hydrogen-bond acceptors (Lipinski definition) is 4. The van der Waals surface area contributed by atoms with Crippen LogP contribution in [0.15, 0.2) is 18.2 Å². The first kappa shape index (κ1) is 13.1. The number of nitrogens with one attached hydrogen (secondary N) is 1. The van der Waals surface area contributed by atoms with Crippen molar-refractivity contribution in [3.63, 3.8) is 0 Å². The zero-order chi connectivity index (χ0) is 13.1. The third-order valence-electron chi connectivity index (χ3n) is 3.34. The van der Waals surface area contributed by atoms with E-state index in [-0.39, 0.29) is 22.7 Å². The molecule has 0 amide bonds. The first-order chi connectivity index (χ1) is 8.59. The second-order valence-electron chi connectivity index (χ2n) is 4.53. The van der Waals surface area contributed by atoms with Crippen LogP contribution in [-0.4, -0.2) is 22.7 Å². The van der Waals surface area contributed by atoms with Crippen LogP contribution >= 0.6 is 11.6 Å². The standard InChI is InChI=1S/C12H15ClN2O3/c13-9-4-2-5-10(12(9)15(17)18)14-7-8-3-1-6-11(8)16/h2,4-5,8,11,14,16H,1,3,6-7H2. The molecule has 1 aliphatic carbocycles. The van der Waals surface area contributed by atoms with E-state index in [0.29, 0.717) is 12.2 Å². The predicted molar refractivity (Wildman–Crippen MR) is 69.9 cm³/mol. The lowest BCUT2D eigenvalue weighted by Crippen LogP contribution is -2.22. The van der Waals surface area contributed by atoms with Crippen LogP contribution in [0.25, 0.3) is 0 Å². The normalized spacial score (nSPS) is 23.0. The molecule has 1 aromatic rings. The Morgan fingerprint density at radius 1 is 1.50 bits per heavy atom. The van der Waals surface area contributed by atoms with Gasteiger partial charge in [0, 0.05) is 12.5 Å². The summed E-state index contributed by atoms with van der Waals surface area (Å²) in [5.41, 5.74) is 0.304. The van der Waals surface area contributed by atoms with Gasteiger partial charge in [0.15, 0.2) is 0 Å². The van der Waals surface area contributed by atoms with Crippen LogP contribution in [0.4, 0.5) is 11.4 Å². The molecule has 0 aliphatic heterocycles. The molecule has 0 radical (unpaired) electrons. The predicted octanol–water partition coefficient (Wildman–Crippen LogP) is 2.82. The number of rotatable bonds is 4. The molecule has 0 spiro atoms. The Labute approximate surface area is 110 Å². The third kappa shape index (κ3) is 2.73. The molecule has 2 atom stereocenters. The number of aliphatic hydroxyl groups excluding tert-OH is 1. The molecule has 6 heteroatoms. The van der Waals surface area contributed by atoms with E-state index < -0.39 is 4.92 Å². The van der Waals surface area contributed by atoms with E-state index in [1.54, 1.807) is 12.1 Å². The number of anilines is 1. The van der Waals surface area contributed by atoms with Gasteiger partial charge in [-0.1, -0.05) is 24.1 Å². The number of halogens is 1. The highest BCUT2D eigenvalue weighted by atomic mass is 35.5. The van der Waals surface area contributed by atoms with Crippen molar-refractivity contribution in [2.24, 2.45) is 5.92 Å². The molecule has 18 heavy (non-hydrogen) atoms. The average Bonchev–Trinajstić information content (AvgIpc) is 2.71. The van der Waals surface area contributed by atoms with Crippen molar-refractivity contribution in [1.29, 1.82) is 0 Å². The zero-order valence-corrected chi connectivity index (χ0v) is 10.6. The Morgan fingerprint density at radius 3 is 2.89 bits per heavy atom. The topological polar surface area (TPSA) is 75.4 Å². The molecule has 2 N–H and O–H groups in total. The summed E-state index contributed by atoms with van der Waals surface area (Å²) in [6.45, 7) is 0.530. The van der Waals surface area contributed by atoms with Crippen molar-refractivity contribution in [2.45, 2.75) is 25.4 Å². The maximum atomic E-state index is 10.9. The SMILES string of the molecule is O=[N+]([O-])c1c(Cl)cccc1NCC1CCCC1O. The first-order valence-electron chi connectivity index (χ1n) is 5.94. The molecule has 0 heterocycles. The molecule has 0 saturated heterocycles. The van der Waals surface area contributed by atoms with Gasteiger partial charge in [-0.05, 0) is 25.0 Å². The second kappa shape index (κ2) is 5.54. The number of hydrogen-bond donors (Lipinski definition) is 2. The zero-order valence-electron chi connectivity index (χ0n) is 9.80. The molecule has 0 bridgehead atoms. The maximum Gasteiger partial charge on any atom is 0.310 e. The summed E-state index contributed by atoms with van der Waals surface area (Å²) in [5, 5.41) is 23.8. The van der Waals surface area contributed by atoms with Gasteiger partial charge in [-0.2, -0.15) is 0 Å². The van der Waals surface area contributed by atoms with Crippen molar-refractivity contribution in [3.05, 3.63) is 33.3 Å². The van der Waals surface area contributed by atoms with Crippen LogP contribution in [0.5, 0.6) is 0 Å². The third-order valence-corrected chi connectivity index (χ3v) is 3.65. The van der Waals surface area contributed by atoms with Crippen LogP contribution in [0.2, 0.25) is 5.02 Å². The first-order valence-corrected chi connectivity index (χ1v) is 6.32. The van der Waals surface area contributed by atoms with Gasteiger partial charge in [0.05, 0.1) is 11.0 Å². The molecule has 1 aliphatic rings. The molecular weight excluding hydrogens is 256 g/mol. The molecule has 0 aromatic heterocycles. The van der Waals surface area contributed by atoms with E-state index in [0.717, 1.165) is 19.3 Å². The van der Waals surface area contributed by atoms with Crippen molar-refractivity contribution in [1.82, 2.24) is 0 Å². The van der Waals surface area contributed by atoms with Crippen molar-refractivity contribution < 1.29 is 10.0 Å². The van der Waals surface area contributed by atoms with Crippen LogP contribution < -0.4 is 5.32 Å². The Balaban J connectivity index is 2.09. The highest BCUT2D eigenvalue weighted by Gasteiger charge is 2.26. The smallest absolute Gasteiger partial charge is 0.310 e. The van der Waals surface area contributed by atoms with E-state index in [2.05, 4.69) is 5.32 Å². The Hall–Kier alpha value is -1.33. The quantitative estimate of drug-likeness (QED) is 0.652. The van der Waals surface area contributed by atoms with E-state index in [1.807, 2.05) is 0 Å².